The number of rotatable bonds is 5. The SMILES string of the molecule is CCN(CC)CCn1cc(Br)c(N)n1. The maximum atomic E-state index is 5.62. The van der Waals surface area contributed by atoms with E-state index in [9.17, 15) is 0 Å². The smallest absolute Gasteiger partial charge is 0.159 e. The van der Waals surface area contributed by atoms with Crippen molar-refractivity contribution in [2.75, 3.05) is 25.4 Å². The zero-order valence-corrected chi connectivity index (χ0v) is 10.3. The first-order valence-electron chi connectivity index (χ1n) is 4.88. The van der Waals surface area contributed by atoms with Crippen LogP contribution in [0.4, 0.5) is 5.82 Å². The molecule has 1 aromatic rings. The first kappa shape index (κ1) is 11.5. The van der Waals surface area contributed by atoms with Crippen LogP contribution in [0.2, 0.25) is 0 Å². The van der Waals surface area contributed by atoms with Crippen LogP contribution in [0.1, 0.15) is 13.8 Å². The molecule has 0 saturated heterocycles. The second kappa shape index (κ2) is 5.36. The summed E-state index contributed by atoms with van der Waals surface area (Å²) in [6.45, 7) is 8.38. The summed E-state index contributed by atoms with van der Waals surface area (Å²) in [5, 5.41) is 4.17. The Bertz CT molecular complexity index is 261. The number of nitrogen functional groups attached to an aromatic ring is 1. The summed E-state index contributed by atoms with van der Waals surface area (Å²) in [5.41, 5.74) is 5.62. The largest absolute Gasteiger partial charge is 0.381 e. The molecule has 1 rings (SSSR count). The van der Waals surface area contributed by atoms with Crippen molar-refractivity contribution in [2.24, 2.45) is 0 Å². The molecule has 14 heavy (non-hydrogen) atoms. The lowest BCUT2D eigenvalue weighted by molar-refractivity contribution is 0.285. The Morgan fingerprint density at radius 3 is 2.57 bits per heavy atom. The molecule has 0 aromatic carbocycles. The lowest BCUT2D eigenvalue weighted by Gasteiger charge is -2.17. The predicted octanol–water partition coefficient (Wildman–Crippen LogP) is 1.57. The van der Waals surface area contributed by atoms with Gasteiger partial charge in [0.1, 0.15) is 0 Å². The standard InChI is InChI=1S/C9H17BrN4/c1-3-13(4-2)5-6-14-7-8(10)9(11)12-14/h7H,3-6H2,1-2H3,(H2,11,12). The second-order valence-electron chi connectivity index (χ2n) is 3.15. The fourth-order valence-corrected chi connectivity index (χ4v) is 1.63. The van der Waals surface area contributed by atoms with Gasteiger partial charge in [0.2, 0.25) is 0 Å². The third kappa shape index (κ3) is 2.99. The van der Waals surface area contributed by atoms with Crippen molar-refractivity contribution >= 4 is 21.7 Å². The maximum Gasteiger partial charge on any atom is 0.159 e. The normalized spacial score (nSPS) is 11.1. The molecule has 5 heteroatoms. The van der Waals surface area contributed by atoms with Crippen LogP contribution in [0.15, 0.2) is 10.7 Å². The minimum absolute atomic E-state index is 0.560. The number of hydrogen-bond acceptors (Lipinski definition) is 3. The Kier molecular flexibility index (Phi) is 4.41. The van der Waals surface area contributed by atoms with Gasteiger partial charge in [-0.3, -0.25) is 4.68 Å². The molecular formula is C9H17BrN4. The number of aromatic nitrogens is 2. The van der Waals surface area contributed by atoms with Gasteiger partial charge in [-0.25, -0.2) is 0 Å². The van der Waals surface area contributed by atoms with Gasteiger partial charge in [-0.15, -0.1) is 0 Å². The van der Waals surface area contributed by atoms with Crippen LogP contribution >= 0.6 is 15.9 Å². The van der Waals surface area contributed by atoms with E-state index in [1.165, 1.54) is 0 Å². The molecule has 0 fully saturated rings. The number of hydrogen-bond donors (Lipinski definition) is 1. The van der Waals surface area contributed by atoms with E-state index < -0.39 is 0 Å². The van der Waals surface area contributed by atoms with Gasteiger partial charge >= 0.3 is 0 Å². The van der Waals surface area contributed by atoms with Gasteiger partial charge in [0.15, 0.2) is 5.82 Å². The van der Waals surface area contributed by atoms with E-state index in [0.29, 0.717) is 5.82 Å². The number of nitrogens with zero attached hydrogens (tertiary/aromatic N) is 3. The summed E-state index contributed by atoms with van der Waals surface area (Å²) in [6.07, 6.45) is 1.92. The Balaban J connectivity index is 2.45. The lowest BCUT2D eigenvalue weighted by Crippen LogP contribution is -2.27. The molecular weight excluding hydrogens is 244 g/mol. The van der Waals surface area contributed by atoms with E-state index in [1.807, 2.05) is 10.9 Å². The van der Waals surface area contributed by atoms with Gasteiger partial charge in [-0.05, 0) is 29.0 Å². The summed E-state index contributed by atoms with van der Waals surface area (Å²) >= 11 is 3.34. The van der Waals surface area contributed by atoms with Gasteiger partial charge in [0.05, 0.1) is 11.0 Å². The van der Waals surface area contributed by atoms with E-state index >= 15 is 0 Å². The van der Waals surface area contributed by atoms with Crippen LogP contribution in [0, 0.1) is 0 Å². The van der Waals surface area contributed by atoms with Crippen molar-refractivity contribution in [2.45, 2.75) is 20.4 Å². The highest BCUT2D eigenvalue weighted by Gasteiger charge is 2.03. The van der Waals surface area contributed by atoms with Crippen LogP contribution in [0.5, 0.6) is 0 Å². The summed E-state index contributed by atoms with van der Waals surface area (Å²) in [4.78, 5) is 2.35. The van der Waals surface area contributed by atoms with Crippen molar-refractivity contribution in [1.82, 2.24) is 14.7 Å². The summed E-state index contributed by atoms with van der Waals surface area (Å²) in [5.74, 6) is 0.560. The zero-order valence-electron chi connectivity index (χ0n) is 8.70. The number of anilines is 1. The molecule has 80 valence electrons. The van der Waals surface area contributed by atoms with Crippen molar-refractivity contribution in [3.8, 4) is 0 Å². The van der Waals surface area contributed by atoms with Gasteiger partial charge in [-0.2, -0.15) is 5.10 Å². The summed E-state index contributed by atoms with van der Waals surface area (Å²) in [7, 11) is 0. The van der Waals surface area contributed by atoms with Gasteiger partial charge in [0, 0.05) is 12.7 Å². The van der Waals surface area contributed by atoms with E-state index in [1.54, 1.807) is 0 Å². The molecule has 4 nitrogen and oxygen atoms in total. The first-order valence-corrected chi connectivity index (χ1v) is 5.67. The maximum absolute atomic E-state index is 5.62. The number of nitrogens with two attached hydrogens (primary N) is 1. The Hall–Kier alpha value is -0.550. The molecule has 0 atom stereocenters. The molecule has 0 spiro atoms. The third-order valence-electron chi connectivity index (χ3n) is 2.28. The van der Waals surface area contributed by atoms with Crippen LogP contribution in [-0.2, 0) is 6.54 Å². The van der Waals surface area contributed by atoms with Gasteiger partial charge in [-0.1, -0.05) is 13.8 Å². The molecule has 0 aliphatic heterocycles. The molecule has 2 N–H and O–H groups in total. The van der Waals surface area contributed by atoms with Crippen molar-refractivity contribution < 1.29 is 0 Å². The molecule has 1 heterocycles. The van der Waals surface area contributed by atoms with E-state index in [4.69, 9.17) is 5.73 Å². The average molecular weight is 261 g/mol. The zero-order chi connectivity index (χ0) is 10.6. The van der Waals surface area contributed by atoms with E-state index in [0.717, 1.165) is 30.7 Å². The molecule has 0 radical (unpaired) electrons. The molecule has 0 amide bonds. The van der Waals surface area contributed by atoms with Crippen LogP contribution in [0.25, 0.3) is 0 Å². The molecule has 0 unspecified atom stereocenters. The molecule has 0 saturated carbocycles. The Morgan fingerprint density at radius 1 is 1.50 bits per heavy atom. The number of likely N-dealkylation sites (N-methyl/N-ethyl adjacent to an activating group) is 1. The first-order chi connectivity index (χ1) is 6.67. The summed E-state index contributed by atoms with van der Waals surface area (Å²) < 4.78 is 2.75. The van der Waals surface area contributed by atoms with E-state index in [2.05, 4.69) is 39.8 Å². The quantitative estimate of drug-likeness (QED) is 0.875. The average Bonchev–Trinajstić information content (AvgIpc) is 2.48. The van der Waals surface area contributed by atoms with Crippen molar-refractivity contribution in [3.05, 3.63) is 10.7 Å². The Labute approximate surface area is 93.2 Å². The Morgan fingerprint density at radius 2 is 2.14 bits per heavy atom. The van der Waals surface area contributed by atoms with Crippen molar-refractivity contribution in [1.29, 1.82) is 0 Å². The lowest BCUT2D eigenvalue weighted by atomic mass is 10.5. The van der Waals surface area contributed by atoms with Gasteiger partial charge in [0.25, 0.3) is 0 Å². The predicted molar refractivity (Wildman–Crippen MR) is 62.1 cm³/mol. The molecule has 0 aliphatic rings. The van der Waals surface area contributed by atoms with Gasteiger partial charge < -0.3 is 10.6 Å². The minimum Gasteiger partial charge on any atom is -0.381 e. The fraction of sp³-hybridized carbons (Fsp3) is 0.667. The molecule has 0 bridgehead atoms. The monoisotopic (exact) mass is 260 g/mol. The fourth-order valence-electron chi connectivity index (χ4n) is 1.31. The van der Waals surface area contributed by atoms with Crippen LogP contribution in [-0.4, -0.2) is 34.3 Å². The van der Waals surface area contributed by atoms with Crippen LogP contribution in [0.3, 0.4) is 0 Å². The minimum atomic E-state index is 0.560. The third-order valence-corrected chi connectivity index (χ3v) is 2.89. The highest BCUT2D eigenvalue weighted by Crippen LogP contribution is 2.15. The highest BCUT2D eigenvalue weighted by molar-refractivity contribution is 9.10. The topological polar surface area (TPSA) is 47.1 Å². The molecule has 0 aliphatic carbocycles. The number of halogens is 1. The summed E-state index contributed by atoms with van der Waals surface area (Å²) in [6, 6.07) is 0. The van der Waals surface area contributed by atoms with Crippen LogP contribution < -0.4 is 5.73 Å². The second-order valence-corrected chi connectivity index (χ2v) is 4.01. The van der Waals surface area contributed by atoms with Crippen molar-refractivity contribution in [3.63, 3.8) is 0 Å². The van der Waals surface area contributed by atoms with E-state index in [-0.39, 0.29) is 0 Å². The highest BCUT2D eigenvalue weighted by atomic mass is 79.9. The molecule has 1 aromatic heterocycles.